The molecule has 2 aliphatic heterocycles. The molecule has 43 heteroatoms. The molecule has 3 aromatic heterocycles. The van der Waals surface area contributed by atoms with E-state index in [2.05, 4.69) is 35.6 Å². The third-order valence-electron chi connectivity index (χ3n) is 11.6. The molecule has 5 heterocycles. The van der Waals surface area contributed by atoms with Crippen LogP contribution in [-0.2, 0) is 71.0 Å². The topological polar surface area (TPSA) is 561 Å². The van der Waals surface area contributed by atoms with Crippen LogP contribution < -0.4 is 16.0 Å². The average Bonchev–Trinajstić information content (AvgIpc) is 1.80. The van der Waals surface area contributed by atoms with Gasteiger partial charge in [0.25, 0.3) is 47.1 Å². The van der Waals surface area contributed by atoms with Crippen molar-refractivity contribution in [2.45, 2.75) is 123 Å². The highest BCUT2D eigenvalue weighted by atomic mass is 28.2. The third kappa shape index (κ3) is 26.4. The summed E-state index contributed by atoms with van der Waals surface area (Å²) in [7, 11) is -1.42. The average molecular weight is 1380 g/mol. The van der Waals surface area contributed by atoms with Gasteiger partial charge in [-0.25, -0.2) is 34.1 Å². The number of carbonyl (C=O) groups is 6. The summed E-state index contributed by atoms with van der Waals surface area (Å²) in [6, 6.07) is 8.54. The molecule has 0 bridgehead atoms. The van der Waals surface area contributed by atoms with Gasteiger partial charge in [0.1, 0.15) is 34.3 Å². The van der Waals surface area contributed by atoms with Gasteiger partial charge in [-0.3, -0.25) is 104 Å². The van der Waals surface area contributed by atoms with Crippen LogP contribution in [0.15, 0.2) is 92.2 Å². The van der Waals surface area contributed by atoms with Crippen molar-refractivity contribution < 1.29 is 101 Å². The van der Waals surface area contributed by atoms with Crippen molar-refractivity contribution >= 4 is 80.6 Å². The first-order valence-corrected chi connectivity index (χ1v) is 28.6. The maximum Gasteiger partial charge on any atom is 0.549 e. The Morgan fingerprint density at radius 2 is 0.938 bits per heavy atom. The van der Waals surface area contributed by atoms with Crippen LogP contribution in [0.25, 0.3) is 17.1 Å². The van der Waals surface area contributed by atoms with Gasteiger partial charge < -0.3 is 38.8 Å². The van der Waals surface area contributed by atoms with E-state index in [9.17, 15) is 89.5 Å². The number of non-ortho nitro benzene ring substituents is 3. The molecular formula is C54H63N15O27Si. The number of carbonyl (C=O) groups excluding carboxylic acids is 6. The minimum Gasteiger partial charge on any atom is -0.444 e. The molecule has 42 nitrogen and oxygen atoms in total. The van der Waals surface area contributed by atoms with Crippen LogP contribution in [0.1, 0.15) is 85.3 Å². The summed E-state index contributed by atoms with van der Waals surface area (Å²) in [5, 5.41) is 81.8. The van der Waals surface area contributed by atoms with E-state index in [0.29, 0.717) is 17.1 Å². The number of aromatic nitrogens is 6. The fraction of sp³-hybridized carbons (Fsp3) is 0.389. The molecule has 0 aliphatic carbocycles. The molecule has 0 radical (unpaired) electrons. The maximum absolute atomic E-state index is 12.0. The number of nitro benzene ring substituents is 6. The zero-order valence-corrected chi connectivity index (χ0v) is 53.5. The number of cyclic esters (lactones) is 2. The van der Waals surface area contributed by atoms with Crippen molar-refractivity contribution in [1.82, 2.24) is 44.6 Å². The number of aliphatic hydroxyl groups excluding tert-OH is 1. The molecule has 6 aromatic rings. The van der Waals surface area contributed by atoms with E-state index in [1.165, 1.54) is 82.3 Å². The van der Waals surface area contributed by atoms with Gasteiger partial charge in [0.05, 0.1) is 66.7 Å². The highest BCUT2D eigenvalue weighted by Crippen LogP contribution is 2.32. The first-order valence-electron chi connectivity index (χ1n) is 27.8. The number of aliphatic hydroxyl groups is 1. The smallest absolute Gasteiger partial charge is 0.444 e. The van der Waals surface area contributed by atoms with Gasteiger partial charge in [-0.15, -0.1) is 0 Å². The number of imidazole rings is 3. The van der Waals surface area contributed by atoms with Crippen LogP contribution >= 0.6 is 0 Å². The minimum atomic E-state index is -1.42. The van der Waals surface area contributed by atoms with Gasteiger partial charge in [-0.1, -0.05) is 0 Å². The lowest BCUT2D eigenvalue weighted by molar-refractivity contribution is -0.394. The maximum atomic E-state index is 12.0. The number of nitrogens with one attached hydrogen (secondary N) is 3. The van der Waals surface area contributed by atoms with Crippen molar-refractivity contribution in [3.8, 4) is 17.1 Å². The fourth-order valence-electron chi connectivity index (χ4n) is 7.90. The normalized spacial score (nSPS) is 13.3. The van der Waals surface area contributed by atoms with Crippen LogP contribution in [0.2, 0.25) is 0 Å². The summed E-state index contributed by atoms with van der Waals surface area (Å²) in [6.07, 6.45) is 5.18. The highest BCUT2D eigenvalue weighted by Gasteiger charge is 2.34. The number of nitro groups is 6. The largest absolute Gasteiger partial charge is 0.549 e. The fourth-order valence-corrected chi connectivity index (χ4v) is 7.90. The van der Waals surface area contributed by atoms with Crippen molar-refractivity contribution in [2.24, 2.45) is 0 Å². The molecule has 2 saturated heterocycles. The Labute approximate surface area is 548 Å². The number of benzene rings is 3. The molecular weight excluding hydrogens is 1320 g/mol. The standard InChI is InChI=1S/2C17H19N5O8.C13H9N5O7.C4H8O.C3H8O.O2Si/c2*1-17(2,3)30-16(24)19-15(29-10-23)7-12-8-18-9-20(12)13-5-4-11(21(25)26)6-14(13)22(27)28;19-12-9(15-13(20)25-12)3-8-5-14-6-16(8)10-2-1-7(17(21)22)4-11(10)18(23)24;1-2-4-5-3-1;1-3(2)4;1-3-2/h2*4-6,8-10,15H,7H2,1-3H3,(H,19,24);1-2,4-6,9H,3H2,(H,15,20);1-4H2;3-4H,1-2H3;/t2*15-;9-;;;/m110.../s1. The Morgan fingerprint density at radius 1 is 0.619 bits per heavy atom. The molecule has 3 amide bonds. The zero-order valence-electron chi connectivity index (χ0n) is 52.5. The first kappa shape index (κ1) is 79.1. The second-order valence-electron chi connectivity index (χ2n) is 21.6. The van der Waals surface area contributed by atoms with Crippen molar-refractivity contribution in [2.75, 3.05) is 13.2 Å². The quantitative estimate of drug-likeness (QED) is 0.00946. The molecule has 0 saturated carbocycles. The zero-order chi connectivity index (χ0) is 72.9. The molecule has 4 N–H and O–H groups in total. The van der Waals surface area contributed by atoms with Crippen molar-refractivity contribution in [3.63, 3.8) is 0 Å². The van der Waals surface area contributed by atoms with Crippen LogP contribution in [-0.4, -0.2) is 159 Å². The molecule has 0 spiro atoms. The molecule has 0 unspecified atom stereocenters. The monoisotopic (exact) mass is 1380 g/mol. The van der Waals surface area contributed by atoms with Crippen LogP contribution in [0, 0.1) is 60.7 Å². The lowest BCUT2D eigenvalue weighted by Crippen LogP contribution is -2.41. The number of hydrogen-bond acceptors (Lipinski definition) is 30. The number of ether oxygens (including phenoxy) is 6. The molecule has 2 fully saturated rings. The first-order chi connectivity index (χ1) is 45.5. The third-order valence-corrected chi connectivity index (χ3v) is 11.6. The lowest BCUT2D eigenvalue weighted by atomic mass is 10.1. The van der Waals surface area contributed by atoms with Crippen LogP contribution in [0.3, 0.4) is 0 Å². The summed E-state index contributed by atoms with van der Waals surface area (Å²) in [5.41, 5.74) is -3.30. The van der Waals surface area contributed by atoms with Crippen molar-refractivity contribution in [1.29, 1.82) is 0 Å². The Balaban J connectivity index is 0.000000349. The molecule has 2 aliphatic rings. The predicted molar refractivity (Wildman–Crippen MR) is 325 cm³/mol. The van der Waals surface area contributed by atoms with E-state index in [-0.39, 0.29) is 55.4 Å². The lowest BCUT2D eigenvalue weighted by Gasteiger charge is -2.23. The van der Waals surface area contributed by atoms with E-state index >= 15 is 0 Å². The number of nitrogens with zero attached hydrogens (tertiary/aromatic N) is 12. The van der Waals surface area contributed by atoms with Gasteiger partial charge in [0.15, 0.2) is 12.5 Å². The van der Waals surface area contributed by atoms with E-state index in [1.54, 1.807) is 55.4 Å². The Hall–Kier alpha value is -12.2. The van der Waals surface area contributed by atoms with E-state index < -0.39 is 127 Å². The Kier molecular flexibility index (Phi) is 30.6. The molecule has 3 aromatic carbocycles. The highest BCUT2D eigenvalue weighted by molar-refractivity contribution is 5.95. The van der Waals surface area contributed by atoms with Gasteiger partial charge in [-0.05, 0) is 86.4 Å². The van der Waals surface area contributed by atoms with Gasteiger partial charge in [0.2, 0.25) is 0 Å². The summed E-state index contributed by atoms with van der Waals surface area (Å²) >= 11 is 0. The Bertz CT molecular complexity index is 3660. The summed E-state index contributed by atoms with van der Waals surface area (Å²) in [6.45, 7) is 15.7. The van der Waals surface area contributed by atoms with Gasteiger partial charge >= 0.3 is 33.5 Å². The van der Waals surface area contributed by atoms with Gasteiger partial charge in [0, 0.05) is 92.5 Å². The molecule has 8 rings (SSSR count). The molecule has 520 valence electrons. The minimum absolute atomic E-state index is 0.0141. The molecule has 3 atom stereocenters. The summed E-state index contributed by atoms with van der Waals surface area (Å²) in [4.78, 5) is 142. The SMILES string of the molecule is C1CCOC1.CC(C)(C)OC(=O)N[C@@H](Cc1cncn1-c1ccc([N+](=O)[O-])cc1[N+](=O)[O-])OC=O.CC(C)(C)OC(=O)N[C@@H](Cc1cncn1-c1ccc([N+](=O)[O-])cc1[N+](=O)[O-])OC=O.CC(C)O.O=C1N[C@@H](Cc2cncn2-c2ccc([N+](=O)[O-])cc2[N+](=O)[O-])C(=O)O1.O=[Si]=O. The predicted octanol–water partition coefficient (Wildman–Crippen LogP) is 5.94. The second-order valence-corrected chi connectivity index (χ2v) is 21.7. The second kappa shape index (κ2) is 37.5. The van der Waals surface area contributed by atoms with Crippen LogP contribution in [0.5, 0.6) is 0 Å². The number of alkyl carbamates (subject to hydrolysis) is 3. The van der Waals surface area contributed by atoms with Crippen molar-refractivity contribution in [3.05, 3.63) is 170 Å². The van der Waals surface area contributed by atoms with Crippen LogP contribution in [0.4, 0.5) is 48.5 Å². The molecule has 97 heavy (non-hydrogen) atoms. The van der Waals surface area contributed by atoms with E-state index in [4.69, 9.17) is 37.7 Å². The van der Waals surface area contributed by atoms with Gasteiger partial charge in [-0.2, -0.15) is 0 Å². The summed E-state index contributed by atoms with van der Waals surface area (Å²) < 4.78 is 50.0. The summed E-state index contributed by atoms with van der Waals surface area (Å²) in [5.74, 6) is -0.768. The van der Waals surface area contributed by atoms with E-state index in [0.717, 1.165) is 49.6 Å². The number of hydrogen-bond donors (Lipinski definition) is 4. The number of rotatable bonds is 21. The Morgan fingerprint density at radius 3 is 1.20 bits per heavy atom. The van der Waals surface area contributed by atoms with E-state index in [1.807, 2.05) is 0 Å². The number of amides is 3. The number of esters is 1.